The van der Waals surface area contributed by atoms with Crippen molar-refractivity contribution in [1.29, 1.82) is 0 Å². The minimum atomic E-state index is 0.0654. The lowest BCUT2D eigenvalue weighted by molar-refractivity contribution is 0.282. The second-order valence-corrected chi connectivity index (χ2v) is 4.18. The molecule has 0 spiro atoms. The van der Waals surface area contributed by atoms with Crippen LogP contribution in [0.2, 0.25) is 0 Å². The SMILES string of the molecule is COc1ncnc(NCc2ccc(CO)cc2)c1C. The summed E-state index contributed by atoms with van der Waals surface area (Å²) in [6.45, 7) is 2.64. The maximum Gasteiger partial charge on any atom is 0.221 e. The Balaban J connectivity index is 2.05. The number of anilines is 1. The van der Waals surface area contributed by atoms with E-state index in [1.807, 2.05) is 31.2 Å². The molecule has 0 aliphatic carbocycles. The highest BCUT2D eigenvalue weighted by Crippen LogP contribution is 2.20. The van der Waals surface area contributed by atoms with Gasteiger partial charge in [0, 0.05) is 6.54 Å². The Morgan fingerprint density at radius 1 is 1.16 bits per heavy atom. The third-order valence-corrected chi connectivity index (χ3v) is 2.90. The second kappa shape index (κ2) is 6.15. The van der Waals surface area contributed by atoms with Gasteiger partial charge in [0.25, 0.3) is 0 Å². The molecule has 0 unspecified atom stereocenters. The van der Waals surface area contributed by atoms with Crippen molar-refractivity contribution in [3.63, 3.8) is 0 Å². The molecule has 5 nitrogen and oxygen atoms in total. The number of hydrogen-bond acceptors (Lipinski definition) is 5. The predicted octanol–water partition coefficient (Wildman–Crippen LogP) is 1.90. The molecule has 1 aromatic carbocycles. The minimum Gasteiger partial charge on any atom is -0.481 e. The van der Waals surface area contributed by atoms with Crippen LogP contribution in [-0.4, -0.2) is 22.2 Å². The number of ether oxygens (including phenoxy) is 1. The molecule has 0 bridgehead atoms. The zero-order valence-electron chi connectivity index (χ0n) is 11.1. The summed E-state index contributed by atoms with van der Waals surface area (Å²) in [5.74, 6) is 1.34. The molecule has 0 atom stereocenters. The number of hydrogen-bond donors (Lipinski definition) is 2. The van der Waals surface area contributed by atoms with Gasteiger partial charge >= 0.3 is 0 Å². The van der Waals surface area contributed by atoms with E-state index in [1.54, 1.807) is 7.11 Å². The van der Waals surface area contributed by atoms with Gasteiger partial charge in [0.15, 0.2) is 0 Å². The first-order valence-corrected chi connectivity index (χ1v) is 6.02. The molecule has 1 heterocycles. The first kappa shape index (κ1) is 13.3. The third-order valence-electron chi connectivity index (χ3n) is 2.90. The van der Waals surface area contributed by atoms with Crippen molar-refractivity contribution < 1.29 is 9.84 Å². The first-order valence-electron chi connectivity index (χ1n) is 6.02. The average Bonchev–Trinajstić information content (AvgIpc) is 2.47. The van der Waals surface area contributed by atoms with Crippen molar-refractivity contribution in [1.82, 2.24) is 9.97 Å². The molecule has 1 aromatic heterocycles. The lowest BCUT2D eigenvalue weighted by Gasteiger charge is -2.10. The van der Waals surface area contributed by atoms with Crippen LogP contribution in [0.4, 0.5) is 5.82 Å². The fraction of sp³-hybridized carbons (Fsp3) is 0.286. The Bertz CT molecular complexity index is 541. The van der Waals surface area contributed by atoms with Gasteiger partial charge in [-0.1, -0.05) is 24.3 Å². The van der Waals surface area contributed by atoms with Crippen LogP contribution in [-0.2, 0) is 13.2 Å². The van der Waals surface area contributed by atoms with Crippen LogP contribution in [0.25, 0.3) is 0 Å². The van der Waals surface area contributed by atoms with E-state index in [1.165, 1.54) is 6.33 Å². The van der Waals surface area contributed by atoms with Gasteiger partial charge in [-0.05, 0) is 18.1 Å². The highest BCUT2D eigenvalue weighted by Gasteiger charge is 2.06. The quantitative estimate of drug-likeness (QED) is 0.858. The summed E-state index contributed by atoms with van der Waals surface area (Å²) in [5.41, 5.74) is 2.91. The van der Waals surface area contributed by atoms with Gasteiger partial charge in [0.05, 0.1) is 19.3 Å². The molecule has 0 saturated carbocycles. The highest BCUT2D eigenvalue weighted by atomic mass is 16.5. The van der Waals surface area contributed by atoms with E-state index >= 15 is 0 Å². The number of rotatable bonds is 5. The standard InChI is InChI=1S/C14H17N3O2/c1-10-13(16-9-17-14(10)19-2)15-7-11-3-5-12(8-18)6-4-11/h3-6,9,18H,7-8H2,1-2H3,(H,15,16,17). The van der Waals surface area contributed by atoms with E-state index < -0.39 is 0 Å². The monoisotopic (exact) mass is 259 g/mol. The zero-order chi connectivity index (χ0) is 13.7. The smallest absolute Gasteiger partial charge is 0.221 e. The van der Waals surface area contributed by atoms with E-state index in [2.05, 4.69) is 15.3 Å². The van der Waals surface area contributed by atoms with Crippen molar-refractivity contribution in [2.24, 2.45) is 0 Å². The van der Waals surface area contributed by atoms with E-state index in [-0.39, 0.29) is 6.61 Å². The maximum atomic E-state index is 8.98. The lowest BCUT2D eigenvalue weighted by Crippen LogP contribution is -2.05. The molecule has 2 aromatic rings. The van der Waals surface area contributed by atoms with Crippen LogP contribution in [0.1, 0.15) is 16.7 Å². The number of nitrogens with one attached hydrogen (secondary N) is 1. The Morgan fingerprint density at radius 2 is 1.84 bits per heavy atom. The lowest BCUT2D eigenvalue weighted by atomic mass is 10.1. The average molecular weight is 259 g/mol. The molecule has 2 N–H and O–H groups in total. The Hall–Kier alpha value is -2.14. The zero-order valence-corrected chi connectivity index (χ0v) is 11.1. The molecule has 0 aliphatic rings. The van der Waals surface area contributed by atoms with Crippen LogP contribution in [0.15, 0.2) is 30.6 Å². The molecule has 0 aliphatic heterocycles. The Kier molecular flexibility index (Phi) is 4.30. The van der Waals surface area contributed by atoms with E-state index in [0.717, 1.165) is 22.5 Å². The predicted molar refractivity (Wildman–Crippen MR) is 73.0 cm³/mol. The van der Waals surface area contributed by atoms with Gasteiger partial charge in [-0.3, -0.25) is 0 Å². The van der Waals surface area contributed by atoms with Crippen LogP contribution in [0, 0.1) is 6.92 Å². The van der Waals surface area contributed by atoms with Crippen LogP contribution in [0.3, 0.4) is 0 Å². The Morgan fingerprint density at radius 3 is 2.47 bits per heavy atom. The fourth-order valence-corrected chi connectivity index (χ4v) is 1.77. The molecule has 5 heteroatoms. The normalized spacial score (nSPS) is 10.3. The van der Waals surface area contributed by atoms with Crippen LogP contribution >= 0.6 is 0 Å². The summed E-state index contributed by atoms with van der Waals surface area (Å²) in [5, 5.41) is 12.2. The molecule has 0 fully saturated rings. The topological polar surface area (TPSA) is 67.3 Å². The molecule has 0 radical (unpaired) electrons. The fourth-order valence-electron chi connectivity index (χ4n) is 1.77. The number of aliphatic hydroxyl groups is 1. The van der Waals surface area contributed by atoms with Crippen molar-refractivity contribution >= 4 is 5.82 Å². The molecule has 100 valence electrons. The number of methoxy groups -OCH3 is 1. The van der Waals surface area contributed by atoms with Gasteiger partial charge in [0.1, 0.15) is 12.1 Å². The van der Waals surface area contributed by atoms with Crippen LogP contribution < -0.4 is 10.1 Å². The molecule has 2 rings (SSSR count). The molecular formula is C14H17N3O2. The van der Waals surface area contributed by atoms with Crippen LogP contribution in [0.5, 0.6) is 5.88 Å². The van der Waals surface area contributed by atoms with Gasteiger partial charge in [-0.2, -0.15) is 0 Å². The van der Waals surface area contributed by atoms with Crippen molar-refractivity contribution in [2.75, 3.05) is 12.4 Å². The van der Waals surface area contributed by atoms with Crippen molar-refractivity contribution in [2.45, 2.75) is 20.1 Å². The summed E-state index contributed by atoms with van der Waals surface area (Å²) < 4.78 is 5.15. The van der Waals surface area contributed by atoms with Gasteiger partial charge < -0.3 is 15.2 Å². The summed E-state index contributed by atoms with van der Waals surface area (Å²) in [7, 11) is 1.59. The largest absolute Gasteiger partial charge is 0.481 e. The van der Waals surface area contributed by atoms with Crippen molar-refractivity contribution in [3.8, 4) is 5.88 Å². The first-order chi connectivity index (χ1) is 9.24. The molecule has 19 heavy (non-hydrogen) atoms. The van der Waals surface area contributed by atoms with E-state index in [4.69, 9.17) is 9.84 Å². The summed E-state index contributed by atoms with van der Waals surface area (Å²) in [6.07, 6.45) is 1.48. The summed E-state index contributed by atoms with van der Waals surface area (Å²) in [4.78, 5) is 8.23. The summed E-state index contributed by atoms with van der Waals surface area (Å²) >= 11 is 0. The number of aromatic nitrogens is 2. The minimum absolute atomic E-state index is 0.0654. The molecule has 0 amide bonds. The third kappa shape index (κ3) is 3.20. The van der Waals surface area contributed by atoms with E-state index in [9.17, 15) is 0 Å². The Labute approximate surface area is 112 Å². The number of benzene rings is 1. The van der Waals surface area contributed by atoms with Crippen molar-refractivity contribution in [3.05, 3.63) is 47.3 Å². The van der Waals surface area contributed by atoms with Gasteiger partial charge in [0.2, 0.25) is 5.88 Å². The summed E-state index contributed by atoms with van der Waals surface area (Å²) in [6, 6.07) is 7.77. The van der Waals surface area contributed by atoms with Gasteiger partial charge in [-0.25, -0.2) is 9.97 Å². The maximum absolute atomic E-state index is 8.98. The number of nitrogens with zero attached hydrogens (tertiary/aromatic N) is 2. The van der Waals surface area contributed by atoms with Gasteiger partial charge in [-0.15, -0.1) is 0 Å². The molecular weight excluding hydrogens is 242 g/mol. The number of aliphatic hydroxyl groups excluding tert-OH is 1. The molecule has 0 saturated heterocycles. The second-order valence-electron chi connectivity index (χ2n) is 4.18. The van der Waals surface area contributed by atoms with E-state index in [0.29, 0.717) is 12.4 Å². The highest BCUT2D eigenvalue weighted by molar-refractivity contribution is 5.47.